The molecule has 0 bridgehead atoms. The number of nitrogens with zero attached hydrogens (tertiary/aromatic N) is 1. The fourth-order valence-corrected chi connectivity index (χ4v) is 3.13. The minimum absolute atomic E-state index is 0.650. The summed E-state index contributed by atoms with van der Waals surface area (Å²) < 4.78 is 6.49. The Labute approximate surface area is 124 Å². The predicted molar refractivity (Wildman–Crippen MR) is 82.7 cm³/mol. The van der Waals surface area contributed by atoms with Crippen LogP contribution in [0.1, 0.15) is 24.8 Å². The molecule has 2 rings (SSSR count). The normalized spacial score (nSPS) is 20.5. The van der Waals surface area contributed by atoms with E-state index in [1.165, 1.54) is 35.8 Å². The summed E-state index contributed by atoms with van der Waals surface area (Å²) >= 11 is 3.65. The number of nitrogens with one attached hydrogen (secondary N) is 1. The van der Waals surface area contributed by atoms with Crippen LogP contribution in [0.15, 0.2) is 22.7 Å². The first kappa shape index (κ1) is 14.8. The Kier molecular flexibility index (Phi) is 5.67. The quantitative estimate of drug-likeness (QED) is 0.900. The van der Waals surface area contributed by atoms with Gasteiger partial charge in [0.05, 0.1) is 7.11 Å². The van der Waals surface area contributed by atoms with Crippen molar-refractivity contribution < 1.29 is 4.74 Å². The molecule has 3 nitrogen and oxygen atoms in total. The highest BCUT2D eigenvalue weighted by Crippen LogP contribution is 2.26. The van der Waals surface area contributed by atoms with Crippen LogP contribution in [0.5, 0.6) is 5.75 Å². The number of piperidine rings is 1. The first-order chi connectivity index (χ1) is 9.24. The van der Waals surface area contributed by atoms with Crippen LogP contribution >= 0.6 is 15.9 Å². The van der Waals surface area contributed by atoms with E-state index in [4.69, 9.17) is 4.74 Å². The Morgan fingerprint density at radius 2 is 2.26 bits per heavy atom. The first-order valence-corrected chi connectivity index (χ1v) is 7.75. The molecule has 0 aromatic heterocycles. The summed E-state index contributed by atoms with van der Waals surface area (Å²) in [5, 5.41) is 3.31. The van der Waals surface area contributed by atoms with Crippen molar-refractivity contribution in [3.05, 3.63) is 28.2 Å². The molecule has 1 unspecified atom stereocenters. The van der Waals surface area contributed by atoms with E-state index in [-0.39, 0.29) is 0 Å². The lowest BCUT2D eigenvalue weighted by molar-refractivity contribution is 0.139. The van der Waals surface area contributed by atoms with Gasteiger partial charge < -0.3 is 10.1 Å². The summed E-state index contributed by atoms with van der Waals surface area (Å²) in [6.07, 6.45) is 3.95. The number of hydrogen-bond acceptors (Lipinski definition) is 3. The number of rotatable bonds is 5. The first-order valence-electron chi connectivity index (χ1n) is 6.95. The number of likely N-dealkylation sites (tertiary alicyclic amines) is 1. The molecule has 1 aromatic rings. The van der Waals surface area contributed by atoms with Gasteiger partial charge in [-0.15, -0.1) is 0 Å². The second-order valence-corrected chi connectivity index (χ2v) is 5.99. The standard InChI is InChI=1S/C15H23BrN2O/c1-17-10-13-5-3-4-8-18(13)11-12-9-14(19-2)6-7-15(12)16/h6-7,9,13,17H,3-5,8,10-11H2,1-2H3. The lowest BCUT2D eigenvalue weighted by Gasteiger charge is -2.36. The molecule has 4 heteroatoms. The average molecular weight is 327 g/mol. The van der Waals surface area contributed by atoms with Crippen molar-refractivity contribution in [3.63, 3.8) is 0 Å². The minimum atomic E-state index is 0.650. The number of methoxy groups -OCH3 is 1. The summed E-state index contributed by atoms with van der Waals surface area (Å²) in [6.45, 7) is 3.25. The van der Waals surface area contributed by atoms with E-state index in [2.05, 4.69) is 38.3 Å². The molecule has 1 aromatic carbocycles. The van der Waals surface area contributed by atoms with Gasteiger partial charge in [-0.05, 0) is 50.2 Å². The van der Waals surface area contributed by atoms with E-state index in [0.717, 1.165) is 18.8 Å². The van der Waals surface area contributed by atoms with Crippen LogP contribution < -0.4 is 10.1 Å². The third-order valence-electron chi connectivity index (χ3n) is 3.82. The van der Waals surface area contributed by atoms with E-state index < -0.39 is 0 Å². The van der Waals surface area contributed by atoms with Gasteiger partial charge in [0.25, 0.3) is 0 Å². The lowest BCUT2D eigenvalue weighted by Crippen LogP contribution is -2.44. The Balaban J connectivity index is 2.09. The maximum atomic E-state index is 5.32. The molecule has 0 radical (unpaired) electrons. The second kappa shape index (κ2) is 7.27. The highest BCUT2D eigenvalue weighted by atomic mass is 79.9. The maximum Gasteiger partial charge on any atom is 0.119 e. The van der Waals surface area contributed by atoms with Gasteiger partial charge in [-0.2, -0.15) is 0 Å². The monoisotopic (exact) mass is 326 g/mol. The van der Waals surface area contributed by atoms with Crippen molar-refractivity contribution >= 4 is 15.9 Å². The molecule has 1 saturated heterocycles. The van der Waals surface area contributed by atoms with Gasteiger partial charge in [-0.25, -0.2) is 0 Å². The van der Waals surface area contributed by atoms with Gasteiger partial charge in [0.1, 0.15) is 5.75 Å². The molecule has 19 heavy (non-hydrogen) atoms. The van der Waals surface area contributed by atoms with Gasteiger partial charge in [-0.3, -0.25) is 4.90 Å². The maximum absolute atomic E-state index is 5.32. The lowest BCUT2D eigenvalue weighted by atomic mass is 10.0. The molecule has 0 amide bonds. The summed E-state index contributed by atoms with van der Waals surface area (Å²) in [4.78, 5) is 2.58. The van der Waals surface area contributed by atoms with Crippen LogP contribution in [0.2, 0.25) is 0 Å². The van der Waals surface area contributed by atoms with Crippen molar-refractivity contribution in [1.82, 2.24) is 10.2 Å². The van der Waals surface area contributed by atoms with Crippen LogP contribution in [0, 0.1) is 0 Å². The zero-order valence-corrected chi connectivity index (χ0v) is 13.4. The van der Waals surface area contributed by atoms with Gasteiger partial charge in [-0.1, -0.05) is 22.4 Å². The van der Waals surface area contributed by atoms with Gasteiger partial charge in [0.15, 0.2) is 0 Å². The molecule has 1 aliphatic rings. The van der Waals surface area contributed by atoms with E-state index >= 15 is 0 Å². The third-order valence-corrected chi connectivity index (χ3v) is 4.59. The number of hydrogen-bond donors (Lipinski definition) is 1. The predicted octanol–water partition coefficient (Wildman–Crippen LogP) is 3.03. The Hall–Kier alpha value is -0.580. The number of halogens is 1. The molecular formula is C15H23BrN2O. The summed E-state index contributed by atoms with van der Waals surface area (Å²) in [6, 6.07) is 6.85. The van der Waals surface area contributed by atoms with Crippen molar-refractivity contribution in [3.8, 4) is 5.75 Å². The smallest absolute Gasteiger partial charge is 0.119 e. The van der Waals surface area contributed by atoms with E-state index in [9.17, 15) is 0 Å². The van der Waals surface area contributed by atoms with Crippen LogP contribution in [-0.2, 0) is 6.54 Å². The molecule has 1 atom stereocenters. The average Bonchev–Trinajstić information content (AvgIpc) is 2.43. The van der Waals surface area contributed by atoms with E-state index in [0.29, 0.717) is 6.04 Å². The fourth-order valence-electron chi connectivity index (χ4n) is 2.75. The molecule has 0 spiro atoms. The minimum Gasteiger partial charge on any atom is -0.497 e. The second-order valence-electron chi connectivity index (χ2n) is 5.14. The van der Waals surface area contributed by atoms with Crippen molar-refractivity contribution in [2.45, 2.75) is 31.8 Å². The zero-order chi connectivity index (χ0) is 13.7. The molecule has 106 valence electrons. The summed E-state index contributed by atoms with van der Waals surface area (Å²) in [5.74, 6) is 0.931. The van der Waals surface area contributed by atoms with Gasteiger partial charge in [0.2, 0.25) is 0 Å². The Morgan fingerprint density at radius 3 is 3.00 bits per heavy atom. The molecule has 1 N–H and O–H groups in total. The number of benzene rings is 1. The van der Waals surface area contributed by atoms with Crippen LogP contribution in [-0.4, -0.2) is 38.2 Å². The number of ether oxygens (including phenoxy) is 1. The van der Waals surface area contributed by atoms with Crippen molar-refractivity contribution in [2.24, 2.45) is 0 Å². The third kappa shape index (κ3) is 3.94. The van der Waals surface area contributed by atoms with Crippen molar-refractivity contribution in [2.75, 3.05) is 27.2 Å². The van der Waals surface area contributed by atoms with Crippen LogP contribution in [0.3, 0.4) is 0 Å². The zero-order valence-electron chi connectivity index (χ0n) is 11.8. The molecule has 0 aliphatic carbocycles. The molecule has 1 aliphatic heterocycles. The highest BCUT2D eigenvalue weighted by molar-refractivity contribution is 9.10. The van der Waals surface area contributed by atoms with Crippen LogP contribution in [0.4, 0.5) is 0 Å². The SMILES string of the molecule is CNCC1CCCCN1Cc1cc(OC)ccc1Br. The highest BCUT2D eigenvalue weighted by Gasteiger charge is 2.22. The molecular weight excluding hydrogens is 304 g/mol. The van der Waals surface area contributed by atoms with Gasteiger partial charge in [0, 0.05) is 23.6 Å². The summed E-state index contributed by atoms with van der Waals surface area (Å²) in [5.41, 5.74) is 1.31. The van der Waals surface area contributed by atoms with E-state index in [1.54, 1.807) is 7.11 Å². The van der Waals surface area contributed by atoms with Crippen LogP contribution in [0.25, 0.3) is 0 Å². The number of likely N-dealkylation sites (N-methyl/N-ethyl adjacent to an activating group) is 1. The largest absolute Gasteiger partial charge is 0.497 e. The Morgan fingerprint density at radius 1 is 1.42 bits per heavy atom. The molecule has 1 heterocycles. The molecule has 0 saturated carbocycles. The van der Waals surface area contributed by atoms with E-state index in [1.807, 2.05) is 13.1 Å². The molecule has 1 fully saturated rings. The Bertz CT molecular complexity index is 409. The van der Waals surface area contributed by atoms with Crippen molar-refractivity contribution in [1.29, 1.82) is 0 Å². The van der Waals surface area contributed by atoms with Gasteiger partial charge >= 0.3 is 0 Å². The summed E-state index contributed by atoms with van der Waals surface area (Å²) in [7, 11) is 3.76. The topological polar surface area (TPSA) is 24.5 Å². The fraction of sp³-hybridized carbons (Fsp3) is 0.600.